The molecule has 4 nitrogen and oxygen atoms in total. The molecule has 0 aromatic rings. The molecular weight excluding hydrogens is 182 g/mol. The quantitative estimate of drug-likeness (QED) is 0.693. The Morgan fingerprint density at radius 3 is 2.79 bits per heavy atom. The molecule has 0 amide bonds. The average Bonchev–Trinajstić information content (AvgIpc) is 2.83. The topological polar surface area (TPSA) is 60.8 Å². The number of carboxylic acid groups (broad SMARTS) is 1. The van der Waals surface area contributed by atoms with Gasteiger partial charge in [-0.3, -0.25) is 9.69 Å². The third-order valence-electron chi connectivity index (χ3n) is 3.13. The maximum absolute atomic E-state index is 10.6. The fourth-order valence-corrected chi connectivity index (χ4v) is 2.32. The van der Waals surface area contributed by atoms with Crippen LogP contribution >= 0.6 is 0 Å². The summed E-state index contributed by atoms with van der Waals surface area (Å²) in [6, 6.07) is 0.621. The first-order valence-corrected chi connectivity index (χ1v) is 5.27. The van der Waals surface area contributed by atoms with Gasteiger partial charge in [-0.25, -0.2) is 0 Å². The van der Waals surface area contributed by atoms with Crippen molar-refractivity contribution in [1.82, 2.24) is 4.90 Å². The third kappa shape index (κ3) is 2.25. The van der Waals surface area contributed by atoms with Gasteiger partial charge in [0.2, 0.25) is 0 Å². The number of hydrogen-bond donors (Lipinski definition) is 2. The van der Waals surface area contributed by atoms with Gasteiger partial charge in [0, 0.05) is 12.6 Å². The number of piperidine rings is 1. The van der Waals surface area contributed by atoms with E-state index in [-0.39, 0.29) is 6.42 Å². The normalized spacial score (nSPS) is 34.4. The molecule has 0 aromatic carbocycles. The summed E-state index contributed by atoms with van der Waals surface area (Å²) in [4.78, 5) is 12.8. The molecule has 4 heteroatoms. The number of hydrogen-bond acceptors (Lipinski definition) is 3. The molecule has 2 N–H and O–H groups in total. The van der Waals surface area contributed by atoms with Crippen LogP contribution in [0.4, 0.5) is 0 Å². The van der Waals surface area contributed by atoms with Gasteiger partial charge in [-0.2, -0.15) is 0 Å². The molecule has 2 rings (SSSR count). The molecular formula is C10H17NO3. The lowest BCUT2D eigenvalue weighted by atomic mass is 9.89. The van der Waals surface area contributed by atoms with Crippen molar-refractivity contribution in [2.24, 2.45) is 0 Å². The van der Waals surface area contributed by atoms with Crippen LogP contribution in [0.5, 0.6) is 0 Å². The van der Waals surface area contributed by atoms with E-state index < -0.39 is 11.6 Å². The van der Waals surface area contributed by atoms with E-state index in [0.717, 1.165) is 13.0 Å². The van der Waals surface area contributed by atoms with Crippen molar-refractivity contribution in [2.45, 2.75) is 43.7 Å². The summed E-state index contributed by atoms with van der Waals surface area (Å²) < 4.78 is 0. The van der Waals surface area contributed by atoms with Gasteiger partial charge in [0.25, 0.3) is 0 Å². The molecule has 0 aromatic heterocycles. The molecule has 0 radical (unpaired) electrons. The summed E-state index contributed by atoms with van der Waals surface area (Å²) in [7, 11) is 0. The second-order valence-corrected chi connectivity index (χ2v) is 4.60. The molecule has 2 fully saturated rings. The van der Waals surface area contributed by atoms with Gasteiger partial charge in [-0.05, 0) is 32.2 Å². The first kappa shape index (κ1) is 9.93. The predicted octanol–water partition coefficient (Wildman–Crippen LogP) is 0.450. The molecule has 1 atom stereocenters. The average molecular weight is 199 g/mol. The molecule has 1 aliphatic heterocycles. The smallest absolute Gasteiger partial charge is 0.306 e. The molecule has 1 unspecified atom stereocenters. The zero-order valence-electron chi connectivity index (χ0n) is 8.28. The van der Waals surface area contributed by atoms with E-state index in [1.165, 1.54) is 12.8 Å². The minimum Gasteiger partial charge on any atom is -0.481 e. The zero-order chi connectivity index (χ0) is 10.2. The fraction of sp³-hybridized carbons (Fsp3) is 0.900. The van der Waals surface area contributed by atoms with E-state index in [2.05, 4.69) is 4.90 Å². The van der Waals surface area contributed by atoms with Crippen LogP contribution in [-0.2, 0) is 4.79 Å². The number of carbonyl (C=O) groups is 1. The molecule has 0 spiro atoms. The summed E-state index contributed by atoms with van der Waals surface area (Å²) in [5.74, 6) is -0.898. The Morgan fingerprint density at radius 1 is 1.50 bits per heavy atom. The fourth-order valence-electron chi connectivity index (χ4n) is 2.32. The maximum atomic E-state index is 10.6. The molecule has 14 heavy (non-hydrogen) atoms. The van der Waals surface area contributed by atoms with Gasteiger partial charge in [-0.15, -0.1) is 0 Å². The van der Waals surface area contributed by atoms with Gasteiger partial charge in [0.1, 0.15) is 0 Å². The summed E-state index contributed by atoms with van der Waals surface area (Å²) in [6.45, 7) is 1.57. The summed E-state index contributed by atoms with van der Waals surface area (Å²) in [5.41, 5.74) is -0.979. The van der Waals surface area contributed by atoms with Crippen molar-refractivity contribution >= 4 is 5.97 Å². The Hall–Kier alpha value is -0.610. The van der Waals surface area contributed by atoms with Crippen molar-refractivity contribution in [2.75, 3.05) is 13.1 Å². The van der Waals surface area contributed by atoms with E-state index in [0.29, 0.717) is 19.0 Å². The number of aliphatic hydroxyl groups is 1. The standard InChI is InChI=1S/C10H17NO3/c12-9(13)6-10(14)4-1-5-11(7-10)8-2-3-8/h8,14H,1-7H2,(H,12,13). The van der Waals surface area contributed by atoms with Crippen LogP contribution in [0.15, 0.2) is 0 Å². The highest BCUT2D eigenvalue weighted by molar-refractivity contribution is 5.68. The van der Waals surface area contributed by atoms with Crippen molar-refractivity contribution in [3.63, 3.8) is 0 Å². The maximum Gasteiger partial charge on any atom is 0.306 e. The Bertz CT molecular complexity index is 240. The van der Waals surface area contributed by atoms with Crippen LogP contribution in [0.2, 0.25) is 0 Å². The van der Waals surface area contributed by atoms with Crippen molar-refractivity contribution in [3.8, 4) is 0 Å². The third-order valence-corrected chi connectivity index (χ3v) is 3.13. The lowest BCUT2D eigenvalue weighted by molar-refractivity contribution is -0.145. The molecule has 1 aliphatic carbocycles. The highest BCUT2D eigenvalue weighted by Crippen LogP contribution is 2.33. The van der Waals surface area contributed by atoms with E-state index in [1.807, 2.05) is 0 Å². The van der Waals surface area contributed by atoms with Crippen molar-refractivity contribution in [3.05, 3.63) is 0 Å². The van der Waals surface area contributed by atoms with Crippen LogP contribution in [0.3, 0.4) is 0 Å². The van der Waals surface area contributed by atoms with E-state index in [1.54, 1.807) is 0 Å². The van der Waals surface area contributed by atoms with Gasteiger partial charge < -0.3 is 10.2 Å². The van der Waals surface area contributed by atoms with Gasteiger partial charge in [0.15, 0.2) is 0 Å². The van der Waals surface area contributed by atoms with Crippen LogP contribution < -0.4 is 0 Å². The Labute approximate surface area is 83.5 Å². The van der Waals surface area contributed by atoms with Gasteiger partial charge >= 0.3 is 5.97 Å². The predicted molar refractivity (Wildman–Crippen MR) is 51.0 cm³/mol. The minimum atomic E-state index is -0.979. The number of aliphatic carboxylic acids is 1. The molecule has 1 heterocycles. The van der Waals surface area contributed by atoms with Crippen LogP contribution in [-0.4, -0.2) is 45.8 Å². The SMILES string of the molecule is O=C(O)CC1(O)CCCN(C2CC2)C1. The molecule has 0 bridgehead atoms. The zero-order valence-corrected chi connectivity index (χ0v) is 8.28. The minimum absolute atomic E-state index is 0.115. The van der Waals surface area contributed by atoms with E-state index in [9.17, 15) is 9.90 Å². The highest BCUT2D eigenvalue weighted by atomic mass is 16.4. The van der Waals surface area contributed by atoms with Gasteiger partial charge in [0.05, 0.1) is 12.0 Å². The number of carboxylic acids is 1. The lowest BCUT2D eigenvalue weighted by Gasteiger charge is -2.38. The number of β-amino-alcohol motifs (C(OH)–C–C–N with tert-alkyl or cyclic N) is 1. The second-order valence-electron chi connectivity index (χ2n) is 4.60. The molecule has 80 valence electrons. The molecule has 1 saturated carbocycles. The molecule has 1 saturated heterocycles. The summed E-state index contributed by atoms with van der Waals surface area (Å²) in [5, 5.41) is 18.8. The Morgan fingerprint density at radius 2 is 2.21 bits per heavy atom. The largest absolute Gasteiger partial charge is 0.481 e. The lowest BCUT2D eigenvalue weighted by Crippen LogP contribution is -2.49. The Kier molecular flexibility index (Phi) is 2.49. The van der Waals surface area contributed by atoms with Crippen molar-refractivity contribution in [1.29, 1.82) is 0 Å². The van der Waals surface area contributed by atoms with Gasteiger partial charge in [-0.1, -0.05) is 0 Å². The second kappa shape index (κ2) is 3.51. The first-order chi connectivity index (χ1) is 6.59. The van der Waals surface area contributed by atoms with E-state index in [4.69, 9.17) is 5.11 Å². The first-order valence-electron chi connectivity index (χ1n) is 5.27. The number of rotatable bonds is 3. The number of nitrogens with zero attached hydrogens (tertiary/aromatic N) is 1. The Balaban J connectivity index is 1.93. The summed E-state index contributed by atoms with van der Waals surface area (Å²) in [6.07, 6.45) is 3.85. The summed E-state index contributed by atoms with van der Waals surface area (Å²) >= 11 is 0. The van der Waals surface area contributed by atoms with Crippen LogP contribution in [0.1, 0.15) is 32.1 Å². The number of likely N-dealkylation sites (tertiary alicyclic amines) is 1. The van der Waals surface area contributed by atoms with Crippen molar-refractivity contribution < 1.29 is 15.0 Å². The van der Waals surface area contributed by atoms with E-state index >= 15 is 0 Å². The van der Waals surface area contributed by atoms with Crippen LogP contribution in [0, 0.1) is 0 Å². The monoisotopic (exact) mass is 199 g/mol. The van der Waals surface area contributed by atoms with Crippen LogP contribution in [0.25, 0.3) is 0 Å². The highest BCUT2D eigenvalue weighted by Gasteiger charge is 2.40. The molecule has 2 aliphatic rings.